The van der Waals surface area contributed by atoms with Crippen molar-refractivity contribution in [2.75, 3.05) is 19.7 Å². The Kier molecular flexibility index (Phi) is 4.34. The number of carboxylic acid groups (broad SMARTS) is 1. The number of carbonyl (C=O) groups is 2. The number of hydrogen-bond donors (Lipinski definition) is 3. The van der Waals surface area contributed by atoms with Crippen LogP contribution in [-0.4, -0.2) is 36.7 Å². The van der Waals surface area contributed by atoms with Crippen LogP contribution in [0.2, 0.25) is 0 Å². The van der Waals surface area contributed by atoms with Crippen molar-refractivity contribution in [2.24, 2.45) is 5.92 Å². The molecule has 0 spiro atoms. The number of hydrogen-bond acceptors (Lipinski definition) is 4. The van der Waals surface area contributed by atoms with Gasteiger partial charge in [0.25, 0.3) is 0 Å². The van der Waals surface area contributed by atoms with Crippen LogP contribution >= 0.6 is 0 Å². The minimum Gasteiger partial charge on any atom is -0.479 e. The zero-order valence-electron chi connectivity index (χ0n) is 7.78. The Balaban J connectivity index is 2.16. The highest BCUT2D eigenvalue weighted by atomic mass is 16.7. The van der Waals surface area contributed by atoms with Crippen LogP contribution in [0.3, 0.4) is 0 Å². The van der Waals surface area contributed by atoms with Crippen molar-refractivity contribution < 1.29 is 19.5 Å². The van der Waals surface area contributed by atoms with Gasteiger partial charge in [0.1, 0.15) is 0 Å². The summed E-state index contributed by atoms with van der Waals surface area (Å²) < 4.78 is 0. The van der Waals surface area contributed by atoms with E-state index in [0.29, 0.717) is 0 Å². The van der Waals surface area contributed by atoms with E-state index in [1.54, 1.807) is 0 Å². The lowest BCUT2D eigenvalue weighted by Gasteiger charge is -2.21. The van der Waals surface area contributed by atoms with E-state index in [4.69, 9.17) is 5.11 Å². The van der Waals surface area contributed by atoms with Gasteiger partial charge in [-0.3, -0.25) is 9.63 Å². The van der Waals surface area contributed by atoms with Crippen LogP contribution in [0.25, 0.3) is 0 Å². The van der Waals surface area contributed by atoms with Gasteiger partial charge in [0.15, 0.2) is 6.61 Å². The monoisotopic (exact) mass is 202 g/mol. The Bertz CT molecular complexity index is 213. The zero-order chi connectivity index (χ0) is 10.4. The molecule has 80 valence electrons. The van der Waals surface area contributed by atoms with Crippen molar-refractivity contribution in [2.45, 2.75) is 12.8 Å². The summed E-state index contributed by atoms with van der Waals surface area (Å²) in [6.45, 7) is 1.13. The topological polar surface area (TPSA) is 87.7 Å². The fourth-order valence-electron chi connectivity index (χ4n) is 1.34. The first-order chi connectivity index (χ1) is 6.70. The van der Waals surface area contributed by atoms with Gasteiger partial charge in [0.2, 0.25) is 5.91 Å². The van der Waals surface area contributed by atoms with E-state index in [-0.39, 0.29) is 11.8 Å². The van der Waals surface area contributed by atoms with Crippen LogP contribution in [0.4, 0.5) is 0 Å². The molecule has 1 heterocycles. The lowest BCUT2D eigenvalue weighted by Crippen LogP contribution is -2.38. The normalized spacial score (nSPS) is 17.7. The van der Waals surface area contributed by atoms with Crippen molar-refractivity contribution >= 4 is 11.9 Å². The van der Waals surface area contributed by atoms with Crippen LogP contribution in [0.1, 0.15) is 12.8 Å². The van der Waals surface area contributed by atoms with Gasteiger partial charge in [0, 0.05) is 5.92 Å². The number of hydroxylamine groups is 1. The highest BCUT2D eigenvalue weighted by Crippen LogP contribution is 2.10. The first kappa shape index (κ1) is 10.9. The van der Waals surface area contributed by atoms with Crippen LogP contribution in [0, 0.1) is 5.92 Å². The maximum Gasteiger partial charge on any atom is 0.332 e. The molecule has 1 amide bonds. The second kappa shape index (κ2) is 5.56. The highest BCUT2D eigenvalue weighted by Gasteiger charge is 2.20. The Labute approximate surface area is 81.6 Å². The summed E-state index contributed by atoms with van der Waals surface area (Å²) in [4.78, 5) is 25.9. The first-order valence-corrected chi connectivity index (χ1v) is 4.54. The molecule has 0 aromatic rings. The molecule has 0 radical (unpaired) electrons. The summed E-state index contributed by atoms with van der Waals surface area (Å²) in [5.41, 5.74) is 2.14. The molecule has 6 heteroatoms. The van der Waals surface area contributed by atoms with E-state index in [9.17, 15) is 9.59 Å². The molecular formula is C8H14N2O4. The predicted molar refractivity (Wildman–Crippen MR) is 47.3 cm³/mol. The van der Waals surface area contributed by atoms with E-state index >= 15 is 0 Å². The smallest absolute Gasteiger partial charge is 0.332 e. The quantitative estimate of drug-likeness (QED) is 0.515. The molecule has 1 saturated heterocycles. The lowest BCUT2D eigenvalue weighted by atomic mass is 9.98. The van der Waals surface area contributed by atoms with Crippen molar-refractivity contribution in [1.82, 2.24) is 10.8 Å². The highest BCUT2D eigenvalue weighted by molar-refractivity contribution is 5.78. The third-order valence-corrected chi connectivity index (χ3v) is 2.08. The fraction of sp³-hybridized carbons (Fsp3) is 0.750. The zero-order valence-corrected chi connectivity index (χ0v) is 7.78. The standard InChI is InChI=1S/C8H14N2O4/c11-7(12)5-14-10-8(13)6-1-3-9-4-2-6/h6,9H,1-5H2,(H,10,13)(H,11,12). The molecule has 1 rings (SSSR count). The maximum absolute atomic E-state index is 11.3. The van der Waals surface area contributed by atoms with Gasteiger partial charge < -0.3 is 10.4 Å². The minimum atomic E-state index is -1.10. The van der Waals surface area contributed by atoms with Gasteiger partial charge in [0.05, 0.1) is 0 Å². The summed E-state index contributed by atoms with van der Waals surface area (Å²) in [6.07, 6.45) is 1.53. The summed E-state index contributed by atoms with van der Waals surface area (Å²) >= 11 is 0. The minimum absolute atomic E-state index is 0.0648. The van der Waals surface area contributed by atoms with Gasteiger partial charge in [-0.1, -0.05) is 0 Å². The SMILES string of the molecule is O=C(O)CONC(=O)C1CCNCC1. The number of carbonyl (C=O) groups excluding carboxylic acids is 1. The van der Waals surface area contributed by atoms with Gasteiger partial charge >= 0.3 is 5.97 Å². The van der Waals surface area contributed by atoms with Gasteiger partial charge in [-0.05, 0) is 25.9 Å². The molecule has 6 nitrogen and oxygen atoms in total. The number of amides is 1. The van der Waals surface area contributed by atoms with Crippen LogP contribution in [0.5, 0.6) is 0 Å². The van der Waals surface area contributed by atoms with Crippen molar-refractivity contribution in [3.63, 3.8) is 0 Å². The fourth-order valence-corrected chi connectivity index (χ4v) is 1.34. The molecule has 1 aliphatic rings. The second-order valence-electron chi connectivity index (χ2n) is 3.17. The Hall–Kier alpha value is -1.14. The second-order valence-corrected chi connectivity index (χ2v) is 3.17. The van der Waals surface area contributed by atoms with Crippen LogP contribution < -0.4 is 10.8 Å². The lowest BCUT2D eigenvalue weighted by molar-refractivity contribution is -0.151. The van der Waals surface area contributed by atoms with E-state index in [1.165, 1.54) is 0 Å². The van der Waals surface area contributed by atoms with Gasteiger partial charge in [-0.25, -0.2) is 10.3 Å². The predicted octanol–water partition coefficient (Wildman–Crippen LogP) is -0.882. The largest absolute Gasteiger partial charge is 0.479 e. The molecule has 0 aromatic heterocycles. The van der Waals surface area contributed by atoms with E-state index in [2.05, 4.69) is 15.6 Å². The molecule has 0 bridgehead atoms. The number of rotatable bonds is 4. The number of carboxylic acids is 1. The average Bonchev–Trinajstić information content (AvgIpc) is 2.18. The molecular weight excluding hydrogens is 188 g/mol. The molecule has 0 unspecified atom stereocenters. The van der Waals surface area contributed by atoms with E-state index < -0.39 is 12.6 Å². The molecule has 0 saturated carbocycles. The first-order valence-electron chi connectivity index (χ1n) is 4.54. The summed E-state index contributed by atoms with van der Waals surface area (Å²) in [7, 11) is 0. The number of nitrogens with one attached hydrogen (secondary N) is 2. The molecule has 3 N–H and O–H groups in total. The third-order valence-electron chi connectivity index (χ3n) is 2.08. The van der Waals surface area contributed by atoms with E-state index in [1.807, 2.05) is 0 Å². The Morgan fingerprint density at radius 3 is 2.64 bits per heavy atom. The molecule has 1 fully saturated rings. The molecule has 0 aromatic carbocycles. The van der Waals surface area contributed by atoms with Crippen molar-refractivity contribution in [3.8, 4) is 0 Å². The summed E-state index contributed by atoms with van der Waals surface area (Å²) in [5, 5.41) is 11.4. The van der Waals surface area contributed by atoms with Gasteiger partial charge in [-0.2, -0.15) is 0 Å². The molecule has 0 atom stereocenters. The Morgan fingerprint density at radius 2 is 2.07 bits per heavy atom. The third kappa shape index (κ3) is 3.71. The maximum atomic E-state index is 11.3. The average molecular weight is 202 g/mol. The molecule has 14 heavy (non-hydrogen) atoms. The number of aliphatic carboxylic acids is 1. The summed E-state index contributed by atoms with van der Waals surface area (Å²) in [6, 6.07) is 0. The summed E-state index contributed by atoms with van der Waals surface area (Å²) in [5.74, 6) is -1.39. The molecule has 1 aliphatic heterocycles. The Morgan fingerprint density at radius 1 is 1.43 bits per heavy atom. The molecule has 0 aliphatic carbocycles. The number of piperidine rings is 1. The van der Waals surface area contributed by atoms with Crippen LogP contribution in [-0.2, 0) is 14.4 Å². The van der Waals surface area contributed by atoms with Crippen LogP contribution in [0.15, 0.2) is 0 Å². The van der Waals surface area contributed by atoms with Gasteiger partial charge in [-0.15, -0.1) is 0 Å². The van der Waals surface area contributed by atoms with Crippen molar-refractivity contribution in [1.29, 1.82) is 0 Å². The van der Waals surface area contributed by atoms with E-state index in [0.717, 1.165) is 25.9 Å². The van der Waals surface area contributed by atoms with Crippen molar-refractivity contribution in [3.05, 3.63) is 0 Å².